The third kappa shape index (κ3) is 2.84. The van der Waals surface area contributed by atoms with Gasteiger partial charge in [0.15, 0.2) is 0 Å². The van der Waals surface area contributed by atoms with Gasteiger partial charge in [0.2, 0.25) is 0 Å². The van der Waals surface area contributed by atoms with Gasteiger partial charge >= 0.3 is 0 Å². The molecule has 1 heterocycles. The number of allylic oxidation sites excluding steroid dienone is 1. The quantitative estimate of drug-likeness (QED) is 0.791. The van der Waals surface area contributed by atoms with Crippen LogP contribution in [0.25, 0.3) is 0 Å². The number of hydrogen-bond acceptors (Lipinski definition) is 2. The molecule has 2 aliphatic rings. The summed E-state index contributed by atoms with van der Waals surface area (Å²) in [6, 6.07) is 8.74. The van der Waals surface area contributed by atoms with Crippen LogP contribution in [0, 0.1) is 5.92 Å². The summed E-state index contributed by atoms with van der Waals surface area (Å²) in [6.07, 6.45) is 9.41. The zero-order valence-corrected chi connectivity index (χ0v) is 12.7. The molecule has 1 N–H and O–H groups in total. The Labute approximate surface area is 122 Å². The fraction of sp³-hybridized carbons (Fsp3) is 0.556. The van der Waals surface area contributed by atoms with Crippen molar-refractivity contribution in [2.24, 2.45) is 5.92 Å². The standard InChI is InChI=1S/C18H26N2/c1-14(2)12-18-19-16-10-6-7-11-17(16)20(18)13-15-8-4-3-5-9-15/h6-8,10-11,14,18-19H,3-5,9,12-13H2,1-2H3. The Morgan fingerprint density at radius 1 is 1.25 bits per heavy atom. The molecule has 0 amide bonds. The van der Waals surface area contributed by atoms with Gasteiger partial charge in [0.05, 0.1) is 17.5 Å². The van der Waals surface area contributed by atoms with Crippen LogP contribution < -0.4 is 10.2 Å². The maximum absolute atomic E-state index is 3.70. The lowest BCUT2D eigenvalue weighted by Crippen LogP contribution is -2.38. The Morgan fingerprint density at radius 2 is 2.10 bits per heavy atom. The number of nitrogens with one attached hydrogen (secondary N) is 1. The normalized spacial score (nSPS) is 21.6. The molecule has 3 rings (SSSR count). The molecule has 1 aliphatic carbocycles. The zero-order valence-electron chi connectivity index (χ0n) is 12.7. The van der Waals surface area contributed by atoms with Crippen LogP contribution in [0.3, 0.4) is 0 Å². The SMILES string of the molecule is CC(C)CC1Nc2ccccc2N1CC1=CCCCC1. The Hall–Kier alpha value is -1.44. The van der Waals surface area contributed by atoms with E-state index in [1.807, 2.05) is 0 Å². The minimum absolute atomic E-state index is 0.454. The molecular weight excluding hydrogens is 244 g/mol. The van der Waals surface area contributed by atoms with Crippen molar-refractivity contribution in [3.63, 3.8) is 0 Å². The first-order valence-electron chi connectivity index (χ1n) is 8.04. The Kier molecular flexibility index (Phi) is 4.00. The van der Waals surface area contributed by atoms with Crippen LogP contribution in [0.15, 0.2) is 35.9 Å². The topological polar surface area (TPSA) is 15.3 Å². The van der Waals surface area contributed by atoms with E-state index < -0.39 is 0 Å². The summed E-state index contributed by atoms with van der Waals surface area (Å²) in [6.45, 7) is 5.72. The number of para-hydroxylation sites is 2. The molecule has 1 aliphatic heterocycles. The number of rotatable bonds is 4. The van der Waals surface area contributed by atoms with Crippen LogP contribution in [0.1, 0.15) is 46.0 Å². The van der Waals surface area contributed by atoms with Crippen molar-refractivity contribution in [2.45, 2.75) is 52.1 Å². The summed E-state index contributed by atoms with van der Waals surface area (Å²) in [7, 11) is 0. The number of nitrogens with zero attached hydrogens (tertiary/aromatic N) is 1. The van der Waals surface area contributed by atoms with Crippen molar-refractivity contribution in [1.82, 2.24) is 0 Å². The van der Waals surface area contributed by atoms with Crippen LogP contribution in [0.2, 0.25) is 0 Å². The molecule has 108 valence electrons. The molecule has 1 unspecified atom stereocenters. The fourth-order valence-corrected chi connectivity index (χ4v) is 3.37. The summed E-state index contributed by atoms with van der Waals surface area (Å²) in [4.78, 5) is 2.58. The van der Waals surface area contributed by atoms with E-state index >= 15 is 0 Å². The van der Waals surface area contributed by atoms with E-state index in [-0.39, 0.29) is 0 Å². The van der Waals surface area contributed by atoms with Gasteiger partial charge in [0.25, 0.3) is 0 Å². The van der Waals surface area contributed by atoms with Gasteiger partial charge in [-0.25, -0.2) is 0 Å². The van der Waals surface area contributed by atoms with E-state index in [1.165, 1.54) is 43.5 Å². The van der Waals surface area contributed by atoms with Crippen LogP contribution in [-0.2, 0) is 0 Å². The molecule has 0 bridgehead atoms. The Morgan fingerprint density at radius 3 is 2.85 bits per heavy atom. The maximum atomic E-state index is 3.70. The predicted octanol–water partition coefficient (Wildman–Crippen LogP) is 4.79. The van der Waals surface area contributed by atoms with Crippen molar-refractivity contribution in [1.29, 1.82) is 0 Å². The molecule has 0 saturated heterocycles. The highest BCUT2D eigenvalue weighted by molar-refractivity contribution is 5.76. The Bertz CT molecular complexity index is 490. The minimum atomic E-state index is 0.454. The second-order valence-corrected chi connectivity index (χ2v) is 6.54. The molecule has 1 aromatic carbocycles. The van der Waals surface area contributed by atoms with E-state index in [2.05, 4.69) is 54.4 Å². The molecule has 0 spiro atoms. The van der Waals surface area contributed by atoms with Crippen molar-refractivity contribution >= 4 is 11.4 Å². The zero-order chi connectivity index (χ0) is 13.9. The molecule has 0 saturated carbocycles. The van der Waals surface area contributed by atoms with Crippen LogP contribution in [0.5, 0.6) is 0 Å². The molecule has 0 aromatic heterocycles. The van der Waals surface area contributed by atoms with E-state index in [4.69, 9.17) is 0 Å². The monoisotopic (exact) mass is 270 g/mol. The summed E-state index contributed by atoms with van der Waals surface area (Å²) < 4.78 is 0. The summed E-state index contributed by atoms with van der Waals surface area (Å²) in [5.74, 6) is 0.713. The highest BCUT2D eigenvalue weighted by Crippen LogP contribution is 2.37. The van der Waals surface area contributed by atoms with Gasteiger partial charge in [0.1, 0.15) is 0 Å². The predicted molar refractivity (Wildman–Crippen MR) is 87.2 cm³/mol. The van der Waals surface area contributed by atoms with Crippen molar-refractivity contribution in [3.8, 4) is 0 Å². The summed E-state index contributed by atoms with van der Waals surface area (Å²) in [5, 5.41) is 3.70. The average Bonchev–Trinajstić information content (AvgIpc) is 2.77. The molecule has 2 nitrogen and oxygen atoms in total. The third-order valence-electron chi connectivity index (χ3n) is 4.36. The first kappa shape index (κ1) is 13.5. The maximum Gasteiger partial charge on any atom is 0.0996 e. The van der Waals surface area contributed by atoms with Crippen molar-refractivity contribution in [3.05, 3.63) is 35.9 Å². The molecule has 0 fully saturated rings. The second kappa shape index (κ2) is 5.90. The second-order valence-electron chi connectivity index (χ2n) is 6.54. The van der Waals surface area contributed by atoms with Gasteiger partial charge in [-0.15, -0.1) is 0 Å². The summed E-state index contributed by atoms with van der Waals surface area (Å²) >= 11 is 0. The number of hydrogen-bond donors (Lipinski definition) is 1. The highest BCUT2D eigenvalue weighted by Gasteiger charge is 2.29. The van der Waals surface area contributed by atoms with Crippen molar-refractivity contribution < 1.29 is 0 Å². The van der Waals surface area contributed by atoms with Gasteiger partial charge in [-0.2, -0.15) is 0 Å². The molecule has 2 heteroatoms. The van der Waals surface area contributed by atoms with Gasteiger partial charge in [0, 0.05) is 6.54 Å². The molecule has 1 atom stereocenters. The first-order chi connectivity index (χ1) is 9.74. The van der Waals surface area contributed by atoms with Crippen molar-refractivity contribution in [2.75, 3.05) is 16.8 Å². The lowest BCUT2D eigenvalue weighted by Gasteiger charge is -2.30. The van der Waals surface area contributed by atoms with E-state index in [0.717, 1.165) is 6.54 Å². The number of anilines is 2. The van der Waals surface area contributed by atoms with E-state index in [0.29, 0.717) is 12.1 Å². The largest absolute Gasteiger partial charge is 0.363 e. The number of benzene rings is 1. The van der Waals surface area contributed by atoms with E-state index in [1.54, 1.807) is 5.57 Å². The molecule has 1 aromatic rings. The lowest BCUT2D eigenvalue weighted by molar-refractivity contribution is 0.509. The summed E-state index contributed by atoms with van der Waals surface area (Å²) in [5.41, 5.74) is 4.31. The van der Waals surface area contributed by atoms with Gasteiger partial charge in [-0.05, 0) is 50.2 Å². The minimum Gasteiger partial charge on any atom is -0.363 e. The molecule has 0 radical (unpaired) electrons. The lowest BCUT2D eigenvalue weighted by atomic mass is 9.98. The van der Waals surface area contributed by atoms with Crippen LogP contribution >= 0.6 is 0 Å². The molecule has 20 heavy (non-hydrogen) atoms. The number of fused-ring (bicyclic) bond motifs is 1. The van der Waals surface area contributed by atoms with Crippen LogP contribution in [-0.4, -0.2) is 12.7 Å². The van der Waals surface area contributed by atoms with Gasteiger partial charge in [-0.3, -0.25) is 0 Å². The van der Waals surface area contributed by atoms with Gasteiger partial charge in [-0.1, -0.05) is 37.6 Å². The fourth-order valence-electron chi connectivity index (χ4n) is 3.37. The third-order valence-corrected chi connectivity index (χ3v) is 4.36. The van der Waals surface area contributed by atoms with Crippen LogP contribution in [0.4, 0.5) is 11.4 Å². The highest BCUT2D eigenvalue weighted by atomic mass is 15.3. The van der Waals surface area contributed by atoms with E-state index in [9.17, 15) is 0 Å². The molecular formula is C18H26N2. The van der Waals surface area contributed by atoms with Gasteiger partial charge < -0.3 is 10.2 Å². The first-order valence-corrected chi connectivity index (χ1v) is 8.04. The smallest absolute Gasteiger partial charge is 0.0996 e. The Balaban J connectivity index is 1.81. The average molecular weight is 270 g/mol.